The molecule has 0 amide bonds. The highest BCUT2D eigenvalue weighted by atomic mass is 32.2. The molecule has 2 unspecified atom stereocenters. The van der Waals surface area contributed by atoms with Crippen LogP contribution in [0.2, 0.25) is 0 Å². The van der Waals surface area contributed by atoms with Crippen LogP contribution in [-0.4, -0.2) is 80.4 Å². The molecule has 5 rings (SSSR count). The van der Waals surface area contributed by atoms with Crippen LogP contribution in [0.1, 0.15) is 32.1 Å². The lowest BCUT2D eigenvalue weighted by Gasteiger charge is -2.64. The van der Waals surface area contributed by atoms with Crippen molar-refractivity contribution in [3.8, 4) is 0 Å². The first-order valence-electron chi connectivity index (χ1n) is 10.8. The molecule has 1 aliphatic heterocycles. The fraction of sp³-hybridized carbons (Fsp3) is 1.00. The minimum absolute atomic E-state index is 0.0111. The van der Waals surface area contributed by atoms with Gasteiger partial charge in [0, 0.05) is 11.8 Å². The smallest absolute Gasteiger partial charge is 0.373 e. The molecule has 35 heavy (non-hydrogen) atoms. The van der Waals surface area contributed by atoms with E-state index in [0.29, 0.717) is 19.3 Å². The predicted molar refractivity (Wildman–Crippen MR) is 99.0 cm³/mol. The van der Waals surface area contributed by atoms with Gasteiger partial charge in [-0.15, -0.1) is 0 Å². The molecule has 204 valence electrons. The molecule has 16 heteroatoms. The summed E-state index contributed by atoms with van der Waals surface area (Å²) in [7, 11) is -5.65. The summed E-state index contributed by atoms with van der Waals surface area (Å²) in [5, 5.41) is -4.51. The van der Waals surface area contributed by atoms with E-state index in [0.717, 1.165) is 0 Å². The van der Waals surface area contributed by atoms with E-state index in [1.807, 2.05) is 0 Å². The Hall–Kier alpha value is -0.810. The Bertz CT molecular complexity index is 888. The van der Waals surface area contributed by atoms with Crippen LogP contribution >= 0.6 is 0 Å². The van der Waals surface area contributed by atoms with Crippen LogP contribution in [-0.2, 0) is 29.1 Å². The molecule has 1 N–H and O–H groups in total. The molecule has 1 saturated heterocycles. The minimum Gasteiger partial charge on any atom is -0.373 e. The van der Waals surface area contributed by atoms with Crippen molar-refractivity contribution in [2.75, 3.05) is 33.0 Å². The topological polar surface area (TPSA) is 91.3 Å². The van der Waals surface area contributed by atoms with Crippen LogP contribution < -0.4 is 0 Å². The van der Waals surface area contributed by atoms with Gasteiger partial charge in [0.15, 0.2) is 5.79 Å². The number of hydrogen-bond acceptors (Lipinski definition) is 6. The van der Waals surface area contributed by atoms with Crippen molar-refractivity contribution in [2.45, 2.75) is 66.5 Å². The van der Waals surface area contributed by atoms with Gasteiger partial charge in [0.1, 0.15) is 19.8 Å². The number of hydrogen-bond donors (Lipinski definition) is 1. The summed E-state index contributed by atoms with van der Waals surface area (Å²) in [6.07, 6.45) is 1.42. The Morgan fingerprint density at radius 3 is 1.89 bits per heavy atom. The third-order valence-corrected chi connectivity index (χ3v) is 8.30. The summed E-state index contributed by atoms with van der Waals surface area (Å²) in [4.78, 5) is 0. The van der Waals surface area contributed by atoms with Crippen molar-refractivity contribution in [1.82, 2.24) is 0 Å². The van der Waals surface area contributed by atoms with Crippen molar-refractivity contribution in [3.05, 3.63) is 0 Å². The Morgan fingerprint density at radius 1 is 0.886 bits per heavy atom. The van der Waals surface area contributed by atoms with Crippen LogP contribution in [0.5, 0.6) is 0 Å². The quantitative estimate of drug-likeness (QED) is 0.295. The van der Waals surface area contributed by atoms with E-state index < -0.39 is 82.8 Å². The SMILES string of the molecule is O=S(=O)(O)C(F)(F)COCCOC12CC3CC(C1)C1(OCC(F)(F)C(F)(F)C(F)(F)CO1)C(C3)C2. The zero-order valence-electron chi connectivity index (χ0n) is 18.1. The zero-order valence-corrected chi connectivity index (χ0v) is 18.9. The highest BCUT2D eigenvalue weighted by molar-refractivity contribution is 7.86. The van der Waals surface area contributed by atoms with Gasteiger partial charge in [-0.25, -0.2) is 0 Å². The molecule has 1 heterocycles. The summed E-state index contributed by atoms with van der Waals surface area (Å²) in [5.74, 6) is -19.3. The third-order valence-electron chi connectivity index (χ3n) is 7.43. The summed E-state index contributed by atoms with van der Waals surface area (Å²) in [6, 6.07) is 0. The van der Waals surface area contributed by atoms with E-state index in [9.17, 15) is 43.5 Å². The maximum atomic E-state index is 14.0. The van der Waals surface area contributed by atoms with Gasteiger partial charge in [0.05, 0.1) is 18.8 Å². The van der Waals surface area contributed by atoms with Crippen molar-refractivity contribution in [2.24, 2.45) is 17.8 Å². The van der Waals surface area contributed by atoms with Gasteiger partial charge in [-0.2, -0.15) is 43.5 Å². The Balaban J connectivity index is 1.42. The van der Waals surface area contributed by atoms with Gasteiger partial charge in [-0.05, 0) is 38.0 Å². The number of rotatable bonds is 7. The van der Waals surface area contributed by atoms with E-state index in [1.54, 1.807) is 0 Å². The Kier molecular flexibility index (Phi) is 6.49. The van der Waals surface area contributed by atoms with Gasteiger partial charge in [0.2, 0.25) is 0 Å². The molecule has 5 fully saturated rings. The highest BCUT2D eigenvalue weighted by Gasteiger charge is 2.75. The average molecular weight is 548 g/mol. The minimum atomic E-state index is -5.66. The molecular weight excluding hydrogens is 524 g/mol. The lowest BCUT2D eigenvalue weighted by atomic mass is 9.51. The lowest BCUT2D eigenvalue weighted by molar-refractivity contribution is -0.426. The third kappa shape index (κ3) is 4.45. The zero-order chi connectivity index (χ0) is 26.1. The number of ether oxygens (including phenoxy) is 4. The molecule has 2 atom stereocenters. The van der Waals surface area contributed by atoms with Crippen LogP contribution in [0.15, 0.2) is 0 Å². The van der Waals surface area contributed by atoms with Gasteiger partial charge in [-0.3, -0.25) is 4.55 Å². The molecule has 0 aromatic carbocycles. The van der Waals surface area contributed by atoms with E-state index in [4.69, 9.17) is 18.8 Å². The predicted octanol–water partition coefficient (Wildman–Crippen LogP) is 3.73. The second kappa shape index (κ2) is 8.35. The summed E-state index contributed by atoms with van der Waals surface area (Å²) in [5.41, 5.74) is -0.888. The van der Waals surface area contributed by atoms with E-state index >= 15 is 0 Å². The molecular formula is C19H24F8O7S. The number of alkyl halides is 8. The fourth-order valence-electron chi connectivity index (χ4n) is 5.98. The molecule has 0 aromatic rings. The lowest BCUT2D eigenvalue weighted by Crippen LogP contribution is -2.70. The second-order valence-corrected chi connectivity index (χ2v) is 11.4. The standard InChI is InChI=1S/C19H24F8O7S/c20-15(21)8-33-18(34-9-16(22,23)19(15,26)27)12-3-11-4-13(18)7-14(5-11,6-12)32-2-1-31-10-17(24,25)35(28,29)30/h11-13H,1-10H2,(H,28,29,30). The van der Waals surface area contributed by atoms with Crippen molar-refractivity contribution >= 4 is 10.1 Å². The van der Waals surface area contributed by atoms with Gasteiger partial charge < -0.3 is 18.9 Å². The van der Waals surface area contributed by atoms with Gasteiger partial charge in [0.25, 0.3) is 0 Å². The summed E-state index contributed by atoms with van der Waals surface area (Å²) in [6.45, 7) is -6.22. The molecule has 4 saturated carbocycles. The number of halogens is 8. The molecule has 1 spiro atoms. The average Bonchev–Trinajstić information content (AvgIpc) is 2.70. The van der Waals surface area contributed by atoms with Crippen molar-refractivity contribution in [1.29, 1.82) is 0 Å². The van der Waals surface area contributed by atoms with Crippen molar-refractivity contribution < 1.29 is 67.0 Å². The van der Waals surface area contributed by atoms with Gasteiger partial charge in [-0.1, -0.05) is 0 Å². The molecule has 5 aliphatic rings. The maximum absolute atomic E-state index is 14.0. The monoisotopic (exact) mass is 548 g/mol. The van der Waals surface area contributed by atoms with Crippen LogP contribution in [0.4, 0.5) is 35.1 Å². The molecule has 7 nitrogen and oxygen atoms in total. The highest BCUT2D eigenvalue weighted by Crippen LogP contribution is 2.64. The Labute approximate surface area is 195 Å². The first-order valence-corrected chi connectivity index (χ1v) is 12.3. The molecule has 4 aliphatic carbocycles. The second-order valence-electron chi connectivity index (χ2n) is 9.82. The van der Waals surface area contributed by atoms with Crippen LogP contribution in [0.3, 0.4) is 0 Å². The van der Waals surface area contributed by atoms with E-state index in [1.165, 1.54) is 0 Å². The van der Waals surface area contributed by atoms with E-state index in [2.05, 4.69) is 4.74 Å². The van der Waals surface area contributed by atoms with Crippen LogP contribution in [0, 0.1) is 17.8 Å². The first kappa shape index (κ1) is 27.2. The molecule has 0 aromatic heterocycles. The summed E-state index contributed by atoms with van der Waals surface area (Å²) >= 11 is 0. The largest absolute Gasteiger partial charge is 0.392 e. The van der Waals surface area contributed by atoms with Crippen molar-refractivity contribution in [3.63, 3.8) is 0 Å². The van der Waals surface area contributed by atoms with E-state index in [-0.39, 0.29) is 25.4 Å². The van der Waals surface area contributed by atoms with Crippen LogP contribution in [0.25, 0.3) is 0 Å². The Morgan fingerprint density at radius 2 is 1.40 bits per heavy atom. The first-order chi connectivity index (χ1) is 15.9. The fourth-order valence-corrected chi connectivity index (χ4v) is 6.22. The molecule has 4 bridgehead atoms. The summed E-state index contributed by atoms with van der Waals surface area (Å²) < 4.78 is 161. The maximum Gasteiger partial charge on any atom is 0.392 e. The van der Waals surface area contributed by atoms with Gasteiger partial charge >= 0.3 is 33.1 Å². The normalized spacial score (nSPS) is 37.2. The molecule has 0 radical (unpaired) electrons.